The number of benzene rings is 3. The number of nitrogens with one attached hydrogen (secondary N) is 2. The molecule has 1 aromatic heterocycles. The van der Waals surface area contributed by atoms with E-state index in [4.69, 9.17) is 10.5 Å². The third-order valence-corrected chi connectivity index (χ3v) is 5.51. The lowest BCUT2D eigenvalue weighted by atomic mass is 10.1. The van der Waals surface area contributed by atoms with Crippen molar-refractivity contribution >= 4 is 52.6 Å². The maximum absolute atomic E-state index is 14.1. The van der Waals surface area contributed by atoms with Crippen LogP contribution in [0.2, 0.25) is 0 Å². The predicted molar refractivity (Wildman–Crippen MR) is 138 cm³/mol. The van der Waals surface area contributed by atoms with Gasteiger partial charge in [-0.2, -0.15) is 13.2 Å². The van der Waals surface area contributed by atoms with Crippen LogP contribution in [-0.2, 0) is 22.3 Å². The molecule has 0 aliphatic rings. The number of rotatable bonds is 6. The Hall–Kier alpha value is -4.42. The fourth-order valence-corrected chi connectivity index (χ4v) is 3.70. The average molecular weight is 565 g/mol. The van der Waals surface area contributed by atoms with Crippen molar-refractivity contribution in [3.63, 3.8) is 0 Å². The minimum atomic E-state index is -4.52. The predicted octanol–water partition coefficient (Wildman–Crippen LogP) is 5.56. The van der Waals surface area contributed by atoms with Crippen molar-refractivity contribution in [2.24, 2.45) is 5.73 Å². The molecule has 13 heteroatoms. The minimum Gasteiger partial charge on any atom is -0.460 e. The van der Waals surface area contributed by atoms with Gasteiger partial charge in [-0.25, -0.2) is 9.18 Å². The van der Waals surface area contributed by atoms with E-state index in [0.717, 1.165) is 36.4 Å². The highest BCUT2D eigenvalue weighted by molar-refractivity contribution is 6.10. The van der Waals surface area contributed by atoms with E-state index >= 15 is 0 Å². The molecule has 2 amide bonds. The number of fused-ring (bicyclic) bond motifs is 1. The van der Waals surface area contributed by atoms with Gasteiger partial charge in [-0.05, 0) is 48.5 Å². The van der Waals surface area contributed by atoms with E-state index in [1.54, 1.807) is 18.2 Å². The average Bonchev–Trinajstić information content (AvgIpc) is 3.23. The Balaban J connectivity index is 0.00000420. The Bertz CT molecular complexity index is 1520. The number of halogens is 5. The standard InChI is InChI=1S/C26H20F4N4O4.ClH/c27-17-7-10-22-20(11-17)21(33-25(37)32-18-8-5-16(6-9-18)26(28,29)30)13-34(22)24(36)19-4-2-1-3-15(19)14-38-23(35)12-31;/h1-11,13H,12,14,31H2,(H2,32,33,37);1H. The molecular formula is C26H21ClF4N4O4. The number of carbonyl (C=O) groups excluding carboxylic acids is 3. The van der Waals surface area contributed by atoms with Crippen molar-refractivity contribution < 1.29 is 36.7 Å². The molecule has 0 radical (unpaired) electrons. The molecule has 0 bridgehead atoms. The molecule has 0 unspecified atom stereocenters. The smallest absolute Gasteiger partial charge is 0.416 e. The van der Waals surface area contributed by atoms with Gasteiger partial charge in [0.1, 0.15) is 12.4 Å². The summed E-state index contributed by atoms with van der Waals surface area (Å²) in [4.78, 5) is 37.5. The second-order valence-corrected chi connectivity index (χ2v) is 8.06. The van der Waals surface area contributed by atoms with Crippen molar-refractivity contribution in [2.75, 3.05) is 17.2 Å². The number of amides is 2. The maximum Gasteiger partial charge on any atom is 0.416 e. The lowest BCUT2D eigenvalue weighted by Gasteiger charge is -2.10. The van der Waals surface area contributed by atoms with Gasteiger partial charge < -0.3 is 21.1 Å². The summed E-state index contributed by atoms with van der Waals surface area (Å²) in [6.45, 7) is -0.528. The molecular weight excluding hydrogens is 544 g/mol. The monoisotopic (exact) mass is 564 g/mol. The normalized spacial score (nSPS) is 11.0. The van der Waals surface area contributed by atoms with Crippen LogP contribution in [0.1, 0.15) is 21.5 Å². The molecule has 0 aliphatic heterocycles. The summed E-state index contributed by atoms with van der Waals surface area (Å²) in [5, 5.41) is 5.10. The molecule has 0 spiro atoms. The van der Waals surface area contributed by atoms with Crippen LogP contribution in [0.5, 0.6) is 0 Å². The summed E-state index contributed by atoms with van der Waals surface area (Å²) in [5.41, 5.74) is 5.40. The van der Waals surface area contributed by atoms with Crippen LogP contribution in [-0.4, -0.2) is 29.0 Å². The van der Waals surface area contributed by atoms with E-state index in [9.17, 15) is 31.9 Å². The third kappa shape index (κ3) is 6.72. The molecule has 0 saturated carbocycles. The van der Waals surface area contributed by atoms with Crippen LogP contribution >= 0.6 is 12.4 Å². The highest BCUT2D eigenvalue weighted by Gasteiger charge is 2.30. The molecule has 204 valence electrons. The molecule has 0 saturated heterocycles. The highest BCUT2D eigenvalue weighted by atomic mass is 35.5. The quantitative estimate of drug-likeness (QED) is 0.210. The largest absolute Gasteiger partial charge is 0.460 e. The van der Waals surface area contributed by atoms with Gasteiger partial charge in [-0.1, -0.05) is 18.2 Å². The van der Waals surface area contributed by atoms with Crippen LogP contribution < -0.4 is 16.4 Å². The second kappa shape index (κ2) is 12.0. The van der Waals surface area contributed by atoms with Gasteiger partial charge in [0.15, 0.2) is 0 Å². The van der Waals surface area contributed by atoms with Gasteiger partial charge in [0, 0.05) is 28.4 Å². The number of carbonyl (C=O) groups is 3. The number of aromatic nitrogens is 1. The SMILES string of the molecule is Cl.NCC(=O)OCc1ccccc1C(=O)n1cc(NC(=O)Nc2ccc(C(F)(F)F)cc2)c2cc(F)ccc21. The van der Waals surface area contributed by atoms with E-state index < -0.39 is 35.5 Å². The Morgan fingerprint density at radius 2 is 1.64 bits per heavy atom. The summed E-state index contributed by atoms with van der Waals surface area (Å²) in [7, 11) is 0. The zero-order chi connectivity index (χ0) is 27.4. The summed E-state index contributed by atoms with van der Waals surface area (Å²) in [6.07, 6.45) is -3.23. The van der Waals surface area contributed by atoms with Crippen LogP contribution in [0.3, 0.4) is 0 Å². The fraction of sp³-hybridized carbons (Fsp3) is 0.115. The Labute approximate surface area is 225 Å². The van der Waals surface area contributed by atoms with E-state index in [2.05, 4.69) is 10.6 Å². The first-order chi connectivity index (χ1) is 18.1. The Morgan fingerprint density at radius 1 is 0.949 bits per heavy atom. The molecule has 3 aromatic carbocycles. The summed E-state index contributed by atoms with van der Waals surface area (Å²) in [6, 6.07) is 13.0. The summed E-state index contributed by atoms with van der Waals surface area (Å²) >= 11 is 0. The summed E-state index contributed by atoms with van der Waals surface area (Å²) in [5.74, 6) is -1.82. The topological polar surface area (TPSA) is 115 Å². The maximum atomic E-state index is 14.1. The molecule has 0 fully saturated rings. The fourth-order valence-electron chi connectivity index (χ4n) is 3.70. The van der Waals surface area contributed by atoms with Gasteiger partial charge in [0.25, 0.3) is 5.91 Å². The first-order valence-electron chi connectivity index (χ1n) is 11.1. The number of urea groups is 1. The first-order valence-corrected chi connectivity index (χ1v) is 11.1. The Kier molecular flexibility index (Phi) is 8.94. The Morgan fingerprint density at radius 3 is 2.31 bits per heavy atom. The van der Waals surface area contributed by atoms with Crippen molar-refractivity contribution in [1.29, 1.82) is 0 Å². The number of nitrogens with two attached hydrogens (primary N) is 1. The van der Waals surface area contributed by atoms with Crippen molar-refractivity contribution in [3.8, 4) is 0 Å². The number of esters is 1. The molecule has 4 rings (SSSR count). The van der Waals surface area contributed by atoms with Gasteiger partial charge in [0.2, 0.25) is 0 Å². The number of hydrogen-bond acceptors (Lipinski definition) is 5. The van der Waals surface area contributed by atoms with Crippen molar-refractivity contribution in [2.45, 2.75) is 12.8 Å². The molecule has 1 heterocycles. The molecule has 4 N–H and O–H groups in total. The van der Waals surface area contributed by atoms with Crippen molar-refractivity contribution in [1.82, 2.24) is 4.57 Å². The lowest BCUT2D eigenvalue weighted by molar-refractivity contribution is -0.143. The van der Waals surface area contributed by atoms with E-state index in [1.165, 1.54) is 22.9 Å². The van der Waals surface area contributed by atoms with E-state index in [1.807, 2.05) is 0 Å². The minimum absolute atomic E-state index is 0. The van der Waals surface area contributed by atoms with Crippen LogP contribution in [0, 0.1) is 5.82 Å². The van der Waals surface area contributed by atoms with Crippen molar-refractivity contribution in [3.05, 3.63) is 95.4 Å². The number of ether oxygens (including phenoxy) is 1. The number of alkyl halides is 3. The zero-order valence-electron chi connectivity index (χ0n) is 19.9. The van der Waals surface area contributed by atoms with Crippen LogP contribution in [0.15, 0.2) is 72.9 Å². The molecule has 4 aromatic rings. The molecule has 39 heavy (non-hydrogen) atoms. The van der Waals surface area contributed by atoms with Gasteiger partial charge >= 0.3 is 18.2 Å². The van der Waals surface area contributed by atoms with Gasteiger partial charge in [-0.3, -0.25) is 14.2 Å². The van der Waals surface area contributed by atoms with E-state index in [-0.39, 0.29) is 53.4 Å². The van der Waals surface area contributed by atoms with Gasteiger partial charge in [-0.15, -0.1) is 12.4 Å². The zero-order valence-corrected chi connectivity index (χ0v) is 20.7. The highest BCUT2D eigenvalue weighted by Crippen LogP contribution is 2.31. The molecule has 0 aliphatic carbocycles. The molecule has 0 atom stereocenters. The van der Waals surface area contributed by atoms with Crippen LogP contribution in [0.25, 0.3) is 10.9 Å². The number of anilines is 2. The van der Waals surface area contributed by atoms with Crippen LogP contribution in [0.4, 0.5) is 33.7 Å². The molecule has 8 nitrogen and oxygen atoms in total. The van der Waals surface area contributed by atoms with E-state index in [0.29, 0.717) is 5.56 Å². The summed E-state index contributed by atoms with van der Waals surface area (Å²) < 4.78 is 58.6. The second-order valence-electron chi connectivity index (χ2n) is 8.06. The third-order valence-electron chi connectivity index (χ3n) is 5.51. The first kappa shape index (κ1) is 29.1. The van der Waals surface area contributed by atoms with Gasteiger partial charge in [0.05, 0.1) is 23.3 Å². The number of nitrogens with zero attached hydrogens (tertiary/aromatic N) is 1. The lowest BCUT2D eigenvalue weighted by Crippen LogP contribution is -2.20. The number of hydrogen-bond donors (Lipinski definition) is 3.